The highest BCUT2D eigenvalue weighted by Gasteiger charge is 2.09. The van der Waals surface area contributed by atoms with Crippen molar-refractivity contribution < 1.29 is 0 Å². The molecule has 0 aliphatic heterocycles. The molecule has 6 atom stereocenters. The van der Waals surface area contributed by atoms with Gasteiger partial charge in [0, 0.05) is 0 Å². The highest BCUT2D eigenvalue weighted by molar-refractivity contribution is 6.09. The Labute approximate surface area is 219 Å². The van der Waals surface area contributed by atoms with Gasteiger partial charge in [-0.1, -0.05) is 154 Å². The molecule has 0 aromatic carbocycles. The van der Waals surface area contributed by atoms with Crippen molar-refractivity contribution >= 4 is 48.9 Å². The molecule has 0 nitrogen and oxygen atoms in total. The molecule has 0 aliphatic carbocycles. The molecule has 30 heavy (non-hydrogen) atoms. The van der Waals surface area contributed by atoms with Crippen molar-refractivity contribution in [1.29, 1.82) is 0 Å². The van der Waals surface area contributed by atoms with Gasteiger partial charge >= 0.3 is 0 Å². The standard InChI is InChI=1S/3C9H19.3Al.6H/c3*1-5-6-7-9(4)8(2)3;;;;;;;;;/h3*8-9H,2,5-7H2,1,3-4H3;;;;;;;;;. The lowest BCUT2D eigenvalue weighted by Gasteiger charge is -2.17. The highest BCUT2D eigenvalue weighted by atomic mass is 27.1. The number of rotatable bonds is 15. The molecule has 0 rings (SSSR count). The van der Waals surface area contributed by atoms with Crippen LogP contribution in [0.1, 0.15) is 120 Å². The van der Waals surface area contributed by atoms with E-state index in [2.05, 4.69) is 62.3 Å². The van der Waals surface area contributed by atoms with E-state index >= 15 is 0 Å². The largest absolute Gasteiger partial charge is 0.212 e. The van der Waals surface area contributed by atoms with Gasteiger partial charge in [0.25, 0.3) is 0 Å². The van der Waals surface area contributed by atoms with Crippen LogP contribution in [0.5, 0.6) is 0 Å². The topological polar surface area (TPSA) is 0 Å². The summed E-state index contributed by atoms with van der Waals surface area (Å²) in [7, 11) is 0. The van der Waals surface area contributed by atoms with E-state index in [1.165, 1.54) is 123 Å². The Morgan fingerprint density at radius 2 is 0.600 bits per heavy atom. The molecule has 0 saturated carbocycles. The fraction of sp³-hybridized carbons (Fsp3) is 1.00. The van der Waals surface area contributed by atoms with Crippen LogP contribution in [0.25, 0.3) is 0 Å². The summed E-state index contributed by atoms with van der Waals surface area (Å²) in [6, 6.07) is 0. The number of hydrogen-bond donors (Lipinski definition) is 0. The van der Waals surface area contributed by atoms with Gasteiger partial charge in [0.1, 0.15) is 0 Å². The van der Waals surface area contributed by atoms with Crippen molar-refractivity contribution in [2.24, 2.45) is 35.5 Å². The van der Waals surface area contributed by atoms with E-state index < -0.39 is 0 Å². The molecule has 0 saturated heterocycles. The Morgan fingerprint density at radius 3 is 0.733 bits per heavy atom. The van der Waals surface area contributed by atoms with Crippen LogP contribution in [0.3, 0.4) is 0 Å². The minimum absolute atomic E-state index is 0.970. The molecule has 0 N–H and O–H groups in total. The lowest BCUT2D eigenvalue weighted by molar-refractivity contribution is 0.381. The van der Waals surface area contributed by atoms with Crippen LogP contribution >= 0.6 is 0 Å². The van der Waals surface area contributed by atoms with Crippen molar-refractivity contribution in [3.8, 4) is 0 Å². The zero-order valence-electron chi connectivity index (χ0n) is 23.9. The molecular weight excluding hydrogens is 405 g/mol. The summed E-state index contributed by atoms with van der Waals surface area (Å²) in [5.41, 5.74) is 0. The summed E-state index contributed by atoms with van der Waals surface area (Å²) in [5, 5.41) is 4.43. The molecule has 0 bridgehead atoms. The fourth-order valence-corrected chi connectivity index (χ4v) is 6.05. The van der Waals surface area contributed by atoms with Crippen LogP contribution in [0.15, 0.2) is 0 Å². The minimum atomic E-state index is 0.970. The van der Waals surface area contributed by atoms with E-state index in [0.717, 1.165) is 35.5 Å². The monoisotopic (exact) mass is 468 g/mol. The Kier molecular flexibility index (Phi) is 32.4. The zero-order valence-corrected chi connectivity index (χ0v) is 29.9. The molecule has 0 radical (unpaired) electrons. The zero-order chi connectivity index (χ0) is 23.9. The van der Waals surface area contributed by atoms with Crippen LogP contribution in [-0.4, -0.2) is 48.9 Å². The van der Waals surface area contributed by atoms with Crippen LogP contribution in [0, 0.1) is 35.5 Å². The fourth-order valence-electron chi connectivity index (χ4n) is 3.64. The minimum Gasteiger partial charge on any atom is -0.0985 e. The predicted octanol–water partition coefficient (Wildman–Crippen LogP) is 7.50. The van der Waals surface area contributed by atoms with Gasteiger partial charge in [0.05, 0.1) is 0 Å². The second-order valence-electron chi connectivity index (χ2n) is 10.5. The molecule has 3 heteroatoms. The van der Waals surface area contributed by atoms with Gasteiger partial charge in [-0.2, -0.15) is 0 Å². The number of hydrogen-bond acceptors (Lipinski definition) is 0. The van der Waals surface area contributed by atoms with Crippen LogP contribution in [0.2, 0.25) is 15.8 Å². The van der Waals surface area contributed by atoms with Crippen molar-refractivity contribution in [3.63, 3.8) is 0 Å². The summed E-state index contributed by atoms with van der Waals surface area (Å²) in [4.78, 5) is 0. The molecule has 0 amide bonds. The van der Waals surface area contributed by atoms with Crippen LogP contribution in [-0.2, 0) is 0 Å². The maximum atomic E-state index is 2.40. The molecule has 0 aliphatic rings. The van der Waals surface area contributed by atoms with E-state index in [1.54, 1.807) is 0 Å². The Hall–Kier alpha value is 1.60. The van der Waals surface area contributed by atoms with Gasteiger partial charge < -0.3 is 0 Å². The average molecular weight is 469 g/mol. The lowest BCUT2D eigenvalue weighted by atomic mass is 9.92. The normalized spacial score (nSPS) is 16.7. The maximum Gasteiger partial charge on any atom is 0.212 e. The molecule has 180 valence electrons. The first-order valence-electron chi connectivity index (χ1n) is 14.2. The third-order valence-electron chi connectivity index (χ3n) is 7.89. The summed E-state index contributed by atoms with van der Waals surface area (Å²) in [6.45, 7) is 21.2. The van der Waals surface area contributed by atoms with Crippen LogP contribution in [0.4, 0.5) is 0 Å². The van der Waals surface area contributed by atoms with Crippen molar-refractivity contribution in [2.75, 3.05) is 0 Å². The third-order valence-corrected chi connectivity index (χ3v) is 11.7. The summed E-state index contributed by atoms with van der Waals surface area (Å²) >= 11 is 4.14. The highest BCUT2D eigenvalue weighted by Crippen LogP contribution is 2.21. The van der Waals surface area contributed by atoms with Gasteiger partial charge in [-0.3, -0.25) is 0 Å². The summed E-state index contributed by atoms with van der Waals surface area (Å²) in [5.74, 6) is 5.86. The molecule has 0 heterocycles. The maximum absolute atomic E-state index is 2.40. The molecule has 0 aromatic heterocycles. The van der Waals surface area contributed by atoms with E-state index in [9.17, 15) is 0 Å². The van der Waals surface area contributed by atoms with Gasteiger partial charge in [0.15, 0.2) is 0 Å². The lowest BCUT2D eigenvalue weighted by Crippen LogP contribution is -2.06. The van der Waals surface area contributed by atoms with Gasteiger partial charge in [-0.25, -0.2) is 0 Å². The first-order chi connectivity index (χ1) is 14.2. The third kappa shape index (κ3) is 24.2. The van der Waals surface area contributed by atoms with Crippen LogP contribution < -0.4 is 0 Å². The Bertz CT molecular complexity index is 261. The smallest absolute Gasteiger partial charge is 0.0985 e. The number of unbranched alkanes of at least 4 members (excludes halogenated alkanes) is 3. The molecule has 0 fully saturated rings. The molecule has 0 aromatic rings. The average Bonchev–Trinajstić information content (AvgIpc) is 2.78. The first-order valence-corrected chi connectivity index (χ1v) is 18.4. The van der Waals surface area contributed by atoms with Gasteiger partial charge in [0.2, 0.25) is 48.9 Å². The molecule has 6 unspecified atom stereocenters. The predicted molar refractivity (Wildman–Crippen MR) is 154 cm³/mol. The molecule has 0 spiro atoms. The van der Waals surface area contributed by atoms with E-state index in [-0.39, 0.29) is 0 Å². The summed E-state index contributed by atoms with van der Waals surface area (Å²) < 4.78 is 0. The SMILES string of the molecule is CCCCC(C)C(C)[CH2][AlH2].CCCCC(C)C(C)[CH2][AlH2].CCCCC(C)C(C)[CH2][AlH2]. The second kappa shape index (κ2) is 26.8. The first kappa shape index (κ1) is 36.2. The molecular formula is C27H63Al3. The van der Waals surface area contributed by atoms with Gasteiger partial charge in [-0.15, -0.1) is 0 Å². The van der Waals surface area contributed by atoms with E-state index in [1.807, 2.05) is 0 Å². The summed E-state index contributed by atoms with van der Waals surface area (Å²) in [6.07, 6.45) is 12.7. The van der Waals surface area contributed by atoms with Crippen molar-refractivity contribution in [1.82, 2.24) is 0 Å². The van der Waals surface area contributed by atoms with Gasteiger partial charge in [-0.05, 0) is 17.8 Å². The van der Waals surface area contributed by atoms with E-state index in [4.69, 9.17) is 0 Å². The Balaban J connectivity index is -0.000000364. The van der Waals surface area contributed by atoms with Crippen molar-refractivity contribution in [3.05, 3.63) is 0 Å². The second-order valence-corrected chi connectivity index (χ2v) is 13.0. The quantitative estimate of drug-likeness (QED) is 0.218. The van der Waals surface area contributed by atoms with E-state index in [0.29, 0.717) is 0 Å². The van der Waals surface area contributed by atoms with Crippen molar-refractivity contribution in [2.45, 2.75) is 136 Å². The Morgan fingerprint density at radius 1 is 0.400 bits per heavy atom.